The summed E-state index contributed by atoms with van der Waals surface area (Å²) in [6.45, 7) is 9.18. The molecule has 0 aliphatic heterocycles. The van der Waals surface area contributed by atoms with E-state index in [4.69, 9.17) is 4.98 Å². The molecule has 0 spiro atoms. The average molecular weight is 504 g/mol. The van der Waals surface area contributed by atoms with E-state index in [0.717, 1.165) is 12.1 Å². The summed E-state index contributed by atoms with van der Waals surface area (Å²) in [6, 6.07) is 25.2. The highest BCUT2D eigenvalue weighted by Crippen LogP contribution is 2.44. The van der Waals surface area contributed by atoms with Crippen molar-refractivity contribution in [2.45, 2.75) is 72.1 Å². The van der Waals surface area contributed by atoms with Gasteiger partial charge >= 0.3 is 0 Å². The Labute approximate surface area is 225 Å². The summed E-state index contributed by atoms with van der Waals surface area (Å²) in [5, 5.41) is 4.09. The zero-order valence-corrected chi connectivity index (χ0v) is 23.4. The molecule has 0 radical (unpaired) electrons. The number of aromatic nitrogens is 1. The summed E-state index contributed by atoms with van der Waals surface area (Å²) in [5.41, 5.74) is 8.29. The van der Waals surface area contributed by atoms with Gasteiger partial charge in [-0.05, 0) is 94.1 Å². The van der Waals surface area contributed by atoms with Crippen molar-refractivity contribution in [1.82, 2.24) is 4.98 Å². The lowest BCUT2D eigenvalue weighted by molar-refractivity contribution is 0.411. The van der Waals surface area contributed by atoms with Gasteiger partial charge in [0.15, 0.2) is 0 Å². The first kappa shape index (κ1) is 24.4. The van der Waals surface area contributed by atoms with Gasteiger partial charge in [0.05, 0.1) is 10.4 Å². The second-order valence-corrected chi connectivity index (χ2v) is 13.2. The molecule has 0 amide bonds. The van der Waals surface area contributed by atoms with E-state index in [1.165, 1.54) is 85.7 Å². The molecular weight excluding hydrogens is 466 g/mol. The van der Waals surface area contributed by atoms with Crippen LogP contribution in [0.1, 0.15) is 75.5 Å². The van der Waals surface area contributed by atoms with Crippen molar-refractivity contribution in [3.05, 3.63) is 89.6 Å². The lowest BCUT2D eigenvalue weighted by Crippen LogP contribution is -2.08. The lowest BCUT2D eigenvalue weighted by atomic mass is 9.81. The Morgan fingerprint density at radius 1 is 0.838 bits per heavy atom. The number of pyridine rings is 1. The molecule has 0 unspecified atom stereocenters. The number of rotatable bonds is 4. The molecule has 1 nitrogen and oxygen atoms in total. The van der Waals surface area contributed by atoms with E-state index in [9.17, 15) is 0 Å². The minimum atomic E-state index is 0.298. The molecule has 2 heteroatoms. The van der Waals surface area contributed by atoms with E-state index in [-0.39, 0.29) is 0 Å². The zero-order chi connectivity index (χ0) is 25.6. The van der Waals surface area contributed by atoms with Crippen LogP contribution in [0.3, 0.4) is 0 Å². The summed E-state index contributed by atoms with van der Waals surface area (Å²) in [4.78, 5) is 6.34. The third kappa shape index (κ3) is 4.84. The standard InChI is InChI=1S/C35H37NS/c1-23-29-18-19-36-32(34(29)37-33(23)26-16-14-24(15-17-26)22-35(2,3)4)28-20-27-12-8-9-13-30(27)31(21-28)25-10-6-5-7-11-25/h8-9,12-21,25H,5-7,10-11,22H2,1-4H3. The molecule has 2 aromatic heterocycles. The van der Waals surface area contributed by atoms with Gasteiger partial charge in [-0.2, -0.15) is 0 Å². The number of fused-ring (bicyclic) bond motifs is 2. The van der Waals surface area contributed by atoms with Gasteiger partial charge in [-0.15, -0.1) is 11.3 Å². The summed E-state index contributed by atoms with van der Waals surface area (Å²) in [7, 11) is 0. The molecule has 0 N–H and O–H groups in total. The molecule has 1 saturated carbocycles. The van der Waals surface area contributed by atoms with Crippen molar-refractivity contribution in [3.63, 3.8) is 0 Å². The van der Waals surface area contributed by atoms with Gasteiger partial charge in [-0.25, -0.2) is 0 Å². The summed E-state index contributed by atoms with van der Waals surface area (Å²) in [6.07, 6.45) is 9.78. The summed E-state index contributed by atoms with van der Waals surface area (Å²) in [5.74, 6) is 0.657. The van der Waals surface area contributed by atoms with Gasteiger partial charge in [0, 0.05) is 16.6 Å². The molecule has 0 saturated heterocycles. The Kier molecular flexibility index (Phi) is 6.41. The van der Waals surface area contributed by atoms with Gasteiger partial charge in [0.2, 0.25) is 0 Å². The Bertz CT molecular complexity index is 1560. The fourth-order valence-corrected chi connectivity index (χ4v) is 7.56. The zero-order valence-electron chi connectivity index (χ0n) is 22.6. The van der Waals surface area contributed by atoms with E-state index < -0.39 is 0 Å². The maximum Gasteiger partial charge on any atom is 0.0880 e. The lowest BCUT2D eigenvalue weighted by Gasteiger charge is -2.24. The van der Waals surface area contributed by atoms with Gasteiger partial charge in [-0.3, -0.25) is 4.98 Å². The molecule has 2 heterocycles. The van der Waals surface area contributed by atoms with E-state index >= 15 is 0 Å². The number of nitrogens with zero attached hydrogens (tertiary/aromatic N) is 1. The third-order valence-corrected chi connectivity index (χ3v) is 9.38. The molecule has 1 fully saturated rings. The molecular formula is C35H37NS. The Morgan fingerprint density at radius 2 is 1.59 bits per heavy atom. The van der Waals surface area contributed by atoms with Crippen LogP contribution in [0.15, 0.2) is 72.9 Å². The molecule has 6 rings (SSSR count). The second kappa shape index (κ2) is 9.72. The van der Waals surface area contributed by atoms with E-state index in [0.29, 0.717) is 11.3 Å². The van der Waals surface area contributed by atoms with Crippen molar-refractivity contribution >= 4 is 32.2 Å². The van der Waals surface area contributed by atoms with Crippen LogP contribution in [-0.2, 0) is 6.42 Å². The molecule has 1 aliphatic rings. The first-order valence-corrected chi connectivity index (χ1v) is 14.7. The van der Waals surface area contributed by atoms with Gasteiger partial charge < -0.3 is 0 Å². The van der Waals surface area contributed by atoms with Crippen molar-refractivity contribution < 1.29 is 0 Å². The highest BCUT2D eigenvalue weighted by Gasteiger charge is 2.21. The fourth-order valence-electron chi connectivity index (χ4n) is 6.24. The van der Waals surface area contributed by atoms with Gasteiger partial charge in [-0.1, -0.05) is 88.6 Å². The van der Waals surface area contributed by atoms with Crippen molar-refractivity contribution in [2.75, 3.05) is 0 Å². The topological polar surface area (TPSA) is 12.9 Å². The number of hydrogen-bond acceptors (Lipinski definition) is 2. The number of hydrogen-bond donors (Lipinski definition) is 0. The number of thiophene rings is 1. The average Bonchev–Trinajstić information content (AvgIpc) is 3.24. The Hall–Kier alpha value is -2.97. The minimum absolute atomic E-state index is 0.298. The Morgan fingerprint density at radius 3 is 2.35 bits per heavy atom. The highest BCUT2D eigenvalue weighted by molar-refractivity contribution is 7.23. The van der Waals surface area contributed by atoms with Crippen LogP contribution in [0.5, 0.6) is 0 Å². The molecule has 0 atom stereocenters. The maximum absolute atomic E-state index is 4.98. The molecule has 1 aliphatic carbocycles. The van der Waals surface area contributed by atoms with Crippen molar-refractivity contribution in [2.24, 2.45) is 5.41 Å². The van der Waals surface area contributed by atoms with E-state index in [2.05, 4.69) is 94.4 Å². The minimum Gasteiger partial charge on any atom is -0.255 e. The summed E-state index contributed by atoms with van der Waals surface area (Å²) < 4.78 is 1.30. The highest BCUT2D eigenvalue weighted by atomic mass is 32.1. The van der Waals surface area contributed by atoms with E-state index in [1.54, 1.807) is 0 Å². The fraction of sp³-hybridized carbons (Fsp3) is 0.343. The molecule has 3 aromatic carbocycles. The third-order valence-electron chi connectivity index (χ3n) is 8.02. The van der Waals surface area contributed by atoms with Crippen LogP contribution in [0.4, 0.5) is 0 Å². The first-order chi connectivity index (χ1) is 17.9. The quantitative estimate of drug-likeness (QED) is 0.238. The maximum atomic E-state index is 4.98. The number of benzene rings is 3. The van der Waals surface area contributed by atoms with Crippen LogP contribution in [-0.4, -0.2) is 4.98 Å². The van der Waals surface area contributed by atoms with Crippen molar-refractivity contribution in [1.29, 1.82) is 0 Å². The van der Waals surface area contributed by atoms with Crippen LogP contribution >= 0.6 is 11.3 Å². The van der Waals surface area contributed by atoms with Crippen LogP contribution in [0, 0.1) is 12.3 Å². The SMILES string of the molecule is Cc1c(-c2ccc(CC(C)(C)C)cc2)sc2c(-c3cc(C4CCCCC4)c4ccccc4c3)nccc12. The van der Waals surface area contributed by atoms with Crippen molar-refractivity contribution in [3.8, 4) is 21.7 Å². The smallest absolute Gasteiger partial charge is 0.0880 e. The van der Waals surface area contributed by atoms with E-state index in [1.807, 2.05) is 17.5 Å². The predicted molar refractivity (Wildman–Crippen MR) is 162 cm³/mol. The monoisotopic (exact) mass is 503 g/mol. The second-order valence-electron chi connectivity index (χ2n) is 12.1. The van der Waals surface area contributed by atoms with Gasteiger partial charge in [0.1, 0.15) is 0 Å². The van der Waals surface area contributed by atoms with Gasteiger partial charge in [0.25, 0.3) is 0 Å². The van der Waals surface area contributed by atoms with Crippen LogP contribution in [0.2, 0.25) is 0 Å². The molecule has 188 valence electrons. The predicted octanol–water partition coefficient (Wildman–Crippen LogP) is 10.7. The molecule has 5 aromatic rings. The first-order valence-electron chi connectivity index (χ1n) is 13.9. The normalized spacial score (nSPS) is 15.0. The van der Waals surface area contributed by atoms with Crippen LogP contribution in [0.25, 0.3) is 42.6 Å². The Balaban J connectivity index is 1.46. The largest absolute Gasteiger partial charge is 0.255 e. The summed E-state index contributed by atoms with van der Waals surface area (Å²) >= 11 is 1.90. The molecule has 0 bridgehead atoms. The molecule has 37 heavy (non-hydrogen) atoms. The number of aryl methyl sites for hydroxylation is 1. The van der Waals surface area contributed by atoms with Crippen LogP contribution < -0.4 is 0 Å².